The molecule has 0 bridgehead atoms. The molecular weight excluding hydrogens is 435 g/mol. The predicted molar refractivity (Wildman–Crippen MR) is 115 cm³/mol. The van der Waals surface area contributed by atoms with Crippen LogP contribution in [0.25, 0.3) is 0 Å². The lowest BCUT2D eigenvalue weighted by molar-refractivity contribution is 0.206. The van der Waals surface area contributed by atoms with Crippen molar-refractivity contribution in [2.75, 3.05) is 26.2 Å². The highest BCUT2D eigenvalue weighted by Crippen LogP contribution is 2.16. The summed E-state index contributed by atoms with van der Waals surface area (Å²) in [6.07, 6.45) is 3.59. The minimum Gasteiger partial charge on any atom is -0.357 e. The van der Waals surface area contributed by atoms with Crippen LogP contribution in [0.15, 0.2) is 29.3 Å². The zero-order valence-corrected chi connectivity index (χ0v) is 17.8. The molecule has 1 heterocycles. The van der Waals surface area contributed by atoms with E-state index in [1.807, 2.05) is 24.3 Å². The fraction of sp³-hybridized carbons (Fsp3) is 0.611. The average Bonchev–Trinajstić information content (AvgIpc) is 2.56. The number of likely N-dealkylation sites (tertiary alicyclic amines) is 1. The molecule has 1 aromatic rings. The van der Waals surface area contributed by atoms with Crippen molar-refractivity contribution in [1.29, 1.82) is 0 Å². The van der Waals surface area contributed by atoms with Crippen molar-refractivity contribution in [3.63, 3.8) is 0 Å². The number of guanidine groups is 1. The van der Waals surface area contributed by atoms with E-state index in [-0.39, 0.29) is 24.0 Å². The van der Waals surface area contributed by atoms with Gasteiger partial charge in [-0.2, -0.15) is 0 Å². The lowest BCUT2D eigenvalue weighted by atomic mass is 10.1. The van der Waals surface area contributed by atoms with Gasteiger partial charge in [-0.15, -0.1) is 24.0 Å². The maximum Gasteiger partial charge on any atom is 0.191 e. The van der Waals surface area contributed by atoms with Crippen molar-refractivity contribution in [2.45, 2.75) is 45.7 Å². The molecule has 0 aliphatic carbocycles. The number of nitrogens with zero attached hydrogens (tertiary/aromatic N) is 2. The van der Waals surface area contributed by atoms with Gasteiger partial charge in [-0.1, -0.05) is 36.7 Å². The fourth-order valence-corrected chi connectivity index (χ4v) is 3.12. The number of hydrogen-bond donors (Lipinski definition) is 2. The zero-order valence-electron chi connectivity index (χ0n) is 14.7. The minimum absolute atomic E-state index is 0. The Morgan fingerprint density at radius 1 is 1.25 bits per heavy atom. The maximum absolute atomic E-state index is 6.21. The molecule has 0 amide bonds. The molecule has 0 aromatic heterocycles. The van der Waals surface area contributed by atoms with Gasteiger partial charge < -0.3 is 15.5 Å². The molecule has 1 aromatic carbocycles. The number of benzene rings is 1. The topological polar surface area (TPSA) is 39.7 Å². The number of hydrogen-bond acceptors (Lipinski definition) is 2. The molecule has 1 aliphatic rings. The Balaban J connectivity index is 0.00000288. The molecule has 0 unspecified atom stereocenters. The summed E-state index contributed by atoms with van der Waals surface area (Å²) in [6, 6.07) is 8.39. The van der Waals surface area contributed by atoms with Gasteiger partial charge in [0.15, 0.2) is 5.96 Å². The van der Waals surface area contributed by atoms with E-state index in [0.717, 1.165) is 23.1 Å². The summed E-state index contributed by atoms with van der Waals surface area (Å²) in [6.45, 7) is 9.37. The predicted octanol–water partition coefficient (Wildman–Crippen LogP) is 3.89. The Hall–Kier alpha value is -0.530. The number of aliphatic imine (C=N–C) groups is 1. The highest BCUT2D eigenvalue weighted by Gasteiger charge is 2.19. The number of rotatable bonds is 6. The van der Waals surface area contributed by atoms with Gasteiger partial charge in [-0.3, -0.25) is 0 Å². The summed E-state index contributed by atoms with van der Waals surface area (Å²) >= 11 is 6.21. The Morgan fingerprint density at radius 3 is 2.58 bits per heavy atom. The lowest BCUT2D eigenvalue weighted by Crippen LogP contribution is -2.48. The molecule has 0 spiro atoms. The smallest absolute Gasteiger partial charge is 0.191 e. The lowest BCUT2D eigenvalue weighted by Gasteiger charge is -2.32. The molecule has 0 atom stereocenters. The second kappa shape index (κ2) is 11.9. The molecule has 1 fully saturated rings. The van der Waals surface area contributed by atoms with E-state index in [1.54, 1.807) is 0 Å². The van der Waals surface area contributed by atoms with Crippen LogP contribution < -0.4 is 10.6 Å². The van der Waals surface area contributed by atoms with Gasteiger partial charge in [0.05, 0.1) is 6.54 Å². The van der Waals surface area contributed by atoms with Gasteiger partial charge in [0.25, 0.3) is 0 Å². The largest absolute Gasteiger partial charge is 0.357 e. The highest BCUT2D eigenvalue weighted by molar-refractivity contribution is 14.0. The van der Waals surface area contributed by atoms with E-state index in [1.165, 1.54) is 38.9 Å². The minimum atomic E-state index is 0. The summed E-state index contributed by atoms with van der Waals surface area (Å²) in [5.74, 6) is 0.890. The Morgan fingerprint density at radius 2 is 1.96 bits per heavy atom. The summed E-state index contributed by atoms with van der Waals surface area (Å²) in [5, 5.41) is 7.69. The van der Waals surface area contributed by atoms with Gasteiger partial charge in [-0.05, 0) is 44.4 Å². The van der Waals surface area contributed by atoms with Gasteiger partial charge in [-0.25, -0.2) is 4.99 Å². The first kappa shape index (κ1) is 21.5. The fourth-order valence-electron chi connectivity index (χ4n) is 2.92. The average molecular weight is 465 g/mol. The van der Waals surface area contributed by atoms with Gasteiger partial charge in [0, 0.05) is 30.7 Å². The monoisotopic (exact) mass is 464 g/mol. The molecule has 136 valence electrons. The third-order valence-corrected chi connectivity index (χ3v) is 4.55. The zero-order chi connectivity index (χ0) is 16.5. The molecular formula is C18H30ClIN4. The van der Waals surface area contributed by atoms with Crippen molar-refractivity contribution in [3.8, 4) is 0 Å². The van der Waals surface area contributed by atoms with Crippen LogP contribution in [0.4, 0.5) is 0 Å². The van der Waals surface area contributed by atoms with E-state index < -0.39 is 0 Å². The first-order valence-corrected chi connectivity index (χ1v) is 9.11. The van der Waals surface area contributed by atoms with Crippen molar-refractivity contribution in [3.05, 3.63) is 34.9 Å². The number of halogens is 2. The second-order valence-corrected chi connectivity index (χ2v) is 6.45. The van der Waals surface area contributed by atoms with Crippen LogP contribution in [0.5, 0.6) is 0 Å². The van der Waals surface area contributed by atoms with E-state index >= 15 is 0 Å². The molecule has 24 heavy (non-hydrogen) atoms. The summed E-state index contributed by atoms with van der Waals surface area (Å²) in [4.78, 5) is 7.24. The van der Waals surface area contributed by atoms with Crippen LogP contribution >= 0.6 is 35.6 Å². The summed E-state index contributed by atoms with van der Waals surface area (Å²) < 4.78 is 0. The molecule has 4 nitrogen and oxygen atoms in total. The Bertz CT molecular complexity index is 502. The van der Waals surface area contributed by atoms with Crippen LogP contribution in [0, 0.1) is 0 Å². The van der Waals surface area contributed by atoms with Crippen LogP contribution in [0.3, 0.4) is 0 Å². The first-order chi connectivity index (χ1) is 11.2. The van der Waals surface area contributed by atoms with Gasteiger partial charge in [0.1, 0.15) is 0 Å². The summed E-state index contributed by atoms with van der Waals surface area (Å²) in [5.41, 5.74) is 1.06. The number of piperidine rings is 1. The van der Waals surface area contributed by atoms with Crippen molar-refractivity contribution in [1.82, 2.24) is 15.5 Å². The maximum atomic E-state index is 6.21. The van der Waals surface area contributed by atoms with Crippen LogP contribution in [-0.2, 0) is 6.54 Å². The van der Waals surface area contributed by atoms with E-state index in [9.17, 15) is 0 Å². The third kappa shape index (κ3) is 7.15. The molecule has 1 aliphatic heterocycles. The normalized spacial score (nSPS) is 16.5. The first-order valence-electron chi connectivity index (χ1n) is 8.73. The van der Waals surface area contributed by atoms with Crippen LogP contribution in [-0.4, -0.2) is 43.1 Å². The van der Waals surface area contributed by atoms with E-state index in [2.05, 4.69) is 29.4 Å². The third-order valence-electron chi connectivity index (χ3n) is 4.18. The molecule has 0 saturated carbocycles. The molecule has 0 radical (unpaired) electrons. The Labute approximate surface area is 168 Å². The highest BCUT2D eigenvalue weighted by atomic mass is 127. The molecule has 6 heteroatoms. The Kier molecular flexibility index (Phi) is 10.7. The van der Waals surface area contributed by atoms with Gasteiger partial charge in [0.2, 0.25) is 0 Å². The van der Waals surface area contributed by atoms with Crippen molar-refractivity contribution >= 4 is 41.5 Å². The van der Waals surface area contributed by atoms with E-state index in [4.69, 9.17) is 16.6 Å². The van der Waals surface area contributed by atoms with Crippen molar-refractivity contribution < 1.29 is 0 Å². The van der Waals surface area contributed by atoms with Crippen LogP contribution in [0.1, 0.15) is 38.7 Å². The second-order valence-electron chi connectivity index (χ2n) is 6.05. The van der Waals surface area contributed by atoms with Gasteiger partial charge >= 0.3 is 0 Å². The standard InChI is InChI=1S/C18H29ClN4.HI/c1-3-11-23-12-9-16(10-13-23)22-18(20-4-2)21-14-15-7-5-6-8-17(15)19;/h5-8,16H,3-4,9-14H2,1-2H3,(H2,20,21,22);1H. The quantitative estimate of drug-likeness (QED) is 0.381. The molecule has 2 rings (SSSR count). The molecule has 1 saturated heterocycles. The summed E-state index contributed by atoms with van der Waals surface area (Å²) in [7, 11) is 0. The van der Waals surface area contributed by atoms with E-state index in [0.29, 0.717) is 12.6 Å². The van der Waals surface area contributed by atoms with Crippen molar-refractivity contribution in [2.24, 2.45) is 4.99 Å². The number of nitrogens with one attached hydrogen (secondary N) is 2. The SMILES string of the molecule is CCCN1CCC(NC(=NCc2ccccc2Cl)NCC)CC1.I. The molecule has 2 N–H and O–H groups in total. The van der Waals surface area contributed by atoms with Crippen LogP contribution in [0.2, 0.25) is 5.02 Å².